The van der Waals surface area contributed by atoms with Crippen LogP contribution in [0.5, 0.6) is 0 Å². The Morgan fingerprint density at radius 2 is 2.06 bits per heavy atom. The van der Waals surface area contributed by atoms with Gasteiger partial charge in [0.15, 0.2) is 0 Å². The van der Waals surface area contributed by atoms with Crippen molar-refractivity contribution in [2.45, 2.75) is 25.6 Å². The highest BCUT2D eigenvalue weighted by atomic mass is 16.6. The Hall–Kier alpha value is -1.81. The maximum Gasteiger partial charge on any atom is 0.405 e. The van der Waals surface area contributed by atoms with Gasteiger partial charge in [0.05, 0.1) is 6.10 Å². The van der Waals surface area contributed by atoms with Crippen LogP contribution in [0.3, 0.4) is 0 Å². The van der Waals surface area contributed by atoms with E-state index in [0.717, 1.165) is 5.56 Å². The molecule has 1 amide bonds. The zero-order valence-corrected chi connectivity index (χ0v) is 9.80. The van der Waals surface area contributed by atoms with Crippen LogP contribution in [-0.4, -0.2) is 17.3 Å². The first-order valence-electron chi connectivity index (χ1n) is 5.37. The number of carbonyl (C=O) groups excluding carboxylic acids is 1. The molecule has 4 nitrogen and oxygen atoms in total. The number of carbonyl (C=O) groups is 1. The largest absolute Gasteiger partial charge is 0.442 e. The lowest BCUT2D eigenvalue weighted by Gasteiger charge is -2.17. The van der Waals surface area contributed by atoms with E-state index in [4.69, 9.17) is 10.5 Å². The van der Waals surface area contributed by atoms with E-state index in [1.165, 1.54) is 0 Å². The predicted octanol–water partition coefficient (Wildman–Crippen LogP) is 2.15. The van der Waals surface area contributed by atoms with Crippen LogP contribution in [0.2, 0.25) is 0 Å². The molecule has 0 saturated carbocycles. The molecule has 3 N–H and O–H groups in total. The molecule has 1 rings (SSSR count). The molecule has 0 aromatic heterocycles. The van der Waals surface area contributed by atoms with Gasteiger partial charge in [0.1, 0.15) is 6.10 Å². The summed E-state index contributed by atoms with van der Waals surface area (Å²) < 4.78 is 4.78. The second kappa shape index (κ2) is 6.06. The van der Waals surface area contributed by atoms with Crippen molar-refractivity contribution in [1.29, 1.82) is 0 Å². The van der Waals surface area contributed by atoms with E-state index in [1.54, 1.807) is 6.92 Å². The van der Waals surface area contributed by atoms with Crippen molar-refractivity contribution in [1.82, 2.24) is 0 Å². The minimum Gasteiger partial charge on any atom is -0.442 e. The Morgan fingerprint density at radius 3 is 2.59 bits per heavy atom. The first kappa shape index (κ1) is 13.3. The maximum atomic E-state index is 10.6. The van der Waals surface area contributed by atoms with Gasteiger partial charge in [-0.3, -0.25) is 0 Å². The summed E-state index contributed by atoms with van der Waals surface area (Å²) in [5.74, 6) is 0. The highest BCUT2D eigenvalue weighted by Gasteiger charge is 2.15. The molecule has 0 aliphatic carbocycles. The van der Waals surface area contributed by atoms with Gasteiger partial charge in [0.25, 0.3) is 0 Å². The molecular formula is C13H17NO3. The molecule has 17 heavy (non-hydrogen) atoms. The summed E-state index contributed by atoms with van der Waals surface area (Å²) in [6.45, 7) is 5.45. The molecule has 0 aliphatic heterocycles. The number of aliphatic hydroxyl groups is 1. The zero-order valence-electron chi connectivity index (χ0n) is 9.80. The lowest BCUT2D eigenvalue weighted by Crippen LogP contribution is -2.22. The van der Waals surface area contributed by atoms with Gasteiger partial charge in [-0.1, -0.05) is 36.9 Å². The number of hydrogen-bond acceptors (Lipinski definition) is 3. The van der Waals surface area contributed by atoms with Crippen LogP contribution in [0.25, 0.3) is 0 Å². The fourth-order valence-electron chi connectivity index (χ4n) is 1.46. The van der Waals surface area contributed by atoms with Crippen LogP contribution >= 0.6 is 0 Å². The van der Waals surface area contributed by atoms with Gasteiger partial charge < -0.3 is 15.6 Å². The number of benzene rings is 1. The smallest absolute Gasteiger partial charge is 0.405 e. The van der Waals surface area contributed by atoms with Gasteiger partial charge in [-0.25, -0.2) is 4.79 Å². The summed E-state index contributed by atoms with van der Waals surface area (Å²) in [7, 11) is 0. The van der Waals surface area contributed by atoms with Crippen LogP contribution in [0.4, 0.5) is 4.79 Å². The van der Waals surface area contributed by atoms with E-state index in [2.05, 4.69) is 6.58 Å². The lowest BCUT2D eigenvalue weighted by molar-refractivity contribution is 0.120. The van der Waals surface area contributed by atoms with Gasteiger partial charge in [-0.15, -0.1) is 0 Å². The Labute approximate surface area is 101 Å². The summed E-state index contributed by atoms with van der Waals surface area (Å²) in [5, 5.41) is 9.94. The van der Waals surface area contributed by atoms with Gasteiger partial charge in [-0.05, 0) is 18.1 Å². The molecule has 0 fully saturated rings. The molecule has 1 aromatic carbocycles. The van der Waals surface area contributed by atoms with Crippen molar-refractivity contribution < 1.29 is 14.6 Å². The lowest BCUT2D eigenvalue weighted by atomic mass is 10.00. The molecule has 0 heterocycles. The van der Waals surface area contributed by atoms with Crippen LogP contribution < -0.4 is 5.73 Å². The molecule has 4 heteroatoms. The van der Waals surface area contributed by atoms with Crippen molar-refractivity contribution in [2.75, 3.05) is 0 Å². The SMILES string of the molecule is C=C(C[C@H](O)c1ccccc1)[C@@H](C)OC(N)=O. The third-order valence-electron chi connectivity index (χ3n) is 2.51. The number of aliphatic hydroxyl groups excluding tert-OH is 1. The standard InChI is InChI=1S/C13H17NO3/c1-9(10(2)17-13(14)16)8-12(15)11-6-4-3-5-7-11/h3-7,10,12,15H,1,8H2,2H3,(H2,14,16)/t10-,12+/m1/s1. The third kappa shape index (κ3) is 4.28. The molecule has 0 saturated heterocycles. The van der Waals surface area contributed by atoms with Gasteiger partial charge in [0, 0.05) is 6.42 Å². The molecule has 0 unspecified atom stereocenters. The fraction of sp³-hybridized carbons (Fsp3) is 0.308. The molecule has 2 atom stereocenters. The first-order valence-corrected chi connectivity index (χ1v) is 5.37. The summed E-state index contributed by atoms with van der Waals surface area (Å²) in [6, 6.07) is 9.24. The van der Waals surface area contributed by atoms with Gasteiger partial charge in [0.2, 0.25) is 0 Å². The van der Waals surface area contributed by atoms with E-state index < -0.39 is 18.3 Å². The Kier molecular flexibility index (Phi) is 4.72. The molecule has 1 aromatic rings. The molecular weight excluding hydrogens is 218 g/mol. The van der Waals surface area contributed by atoms with E-state index in [-0.39, 0.29) is 0 Å². The average Bonchev–Trinajstić information content (AvgIpc) is 2.29. The molecule has 92 valence electrons. The summed E-state index contributed by atoms with van der Waals surface area (Å²) in [5.41, 5.74) is 6.34. The van der Waals surface area contributed by atoms with E-state index in [0.29, 0.717) is 12.0 Å². The second-order valence-corrected chi connectivity index (χ2v) is 3.87. The second-order valence-electron chi connectivity index (χ2n) is 3.87. The topological polar surface area (TPSA) is 72.6 Å². The van der Waals surface area contributed by atoms with Crippen molar-refractivity contribution in [3.8, 4) is 0 Å². The van der Waals surface area contributed by atoms with Crippen molar-refractivity contribution in [3.05, 3.63) is 48.0 Å². The number of rotatable bonds is 5. The normalized spacial score (nSPS) is 13.8. The van der Waals surface area contributed by atoms with Crippen molar-refractivity contribution in [2.24, 2.45) is 5.73 Å². The summed E-state index contributed by atoms with van der Waals surface area (Å²) in [4.78, 5) is 10.6. The van der Waals surface area contributed by atoms with Gasteiger partial charge in [-0.2, -0.15) is 0 Å². The number of ether oxygens (including phenoxy) is 1. The fourth-order valence-corrected chi connectivity index (χ4v) is 1.46. The van der Waals surface area contributed by atoms with Crippen molar-refractivity contribution >= 4 is 6.09 Å². The number of hydrogen-bond donors (Lipinski definition) is 2. The average molecular weight is 235 g/mol. The highest BCUT2D eigenvalue weighted by molar-refractivity contribution is 5.65. The first-order chi connectivity index (χ1) is 8.00. The van der Waals surface area contributed by atoms with E-state index in [1.807, 2.05) is 30.3 Å². The molecule has 0 bridgehead atoms. The molecule has 0 radical (unpaired) electrons. The number of primary amides is 1. The minimum absolute atomic E-state index is 0.332. The van der Waals surface area contributed by atoms with Crippen LogP contribution in [-0.2, 0) is 4.74 Å². The molecule has 0 spiro atoms. The summed E-state index contributed by atoms with van der Waals surface area (Å²) >= 11 is 0. The minimum atomic E-state index is -0.840. The van der Waals surface area contributed by atoms with Gasteiger partial charge >= 0.3 is 6.09 Å². The van der Waals surface area contributed by atoms with Crippen molar-refractivity contribution in [3.63, 3.8) is 0 Å². The predicted molar refractivity (Wildman–Crippen MR) is 65.3 cm³/mol. The monoisotopic (exact) mass is 235 g/mol. The van der Waals surface area contributed by atoms with Crippen LogP contribution in [0.1, 0.15) is 25.0 Å². The number of amides is 1. The third-order valence-corrected chi connectivity index (χ3v) is 2.51. The Bertz CT molecular complexity index is 389. The van der Waals surface area contributed by atoms with Crippen LogP contribution in [0, 0.1) is 0 Å². The quantitative estimate of drug-likeness (QED) is 0.768. The highest BCUT2D eigenvalue weighted by Crippen LogP contribution is 2.22. The molecule has 0 aliphatic rings. The summed E-state index contributed by atoms with van der Waals surface area (Å²) in [6.07, 6.45) is -1.65. The maximum absolute atomic E-state index is 10.6. The van der Waals surface area contributed by atoms with E-state index >= 15 is 0 Å². The van der Waals surface area contributed by atoms with E-state index in [9.17, 15) is 9.90 Å². The Morgan fingerprint density at radius 1 is 1.47 bits per heavy atom. The number of nitrogens with two attached hydrogens (primary N) is 1. The van der Waals surface area contributed by atoms with Crippen LogP contribution in [0.15, 0.2) is 42.5 Å². The zero-order chi connectivity index (χ0) is 12.8. The Balaban J connectivity index is 2.54.